The number of rotatable bonds is 5. The highest BCUT2D eigenvalue weighted by Crippen LogP contribution is 2.19. The fourth-order valence-corrected chi connectivity index (χ4v) is 3.35. The zero-order valence-corrected chi connectivity index (χ0v) is 17.4. The molecule has 2 aromatic carbocycles. The van der Waals surface area contributed by atoms with Crippen LogP contribution in [-0.4, -0.2) is 37.0 Å². The number of carbonyl (C=O) groups excluding carboxylic acids is 1. The van der Waals surface area contributed by atoms with Crippen molar-refractivity contribution < 1.29 is 4.79 Å². The van der Waals surface area contributed by atoms with Gasteiger partial charge in [0.2, 0.25) is 11.7 Å². The predicted molar refractivity (Wildman–Crippen MR) is 115 cm³/mol. The van der Waals surface area contributed by atoms with Crippen molar-refractivity contribution in [3.05, 3.63) is 87.3 Å². The van der Waals surface area contributed by atoms with E-state index in [-0.39, 0.29) is 18.0 Å². The zero-order valence-electron chi connectivity index (χ0n) is 16.6. The Morgan fingerprint density at radius 2 is 1.80 bits per heavy atom. The molecule has 2 heterocycles. The van der Waals surface area contributed by atoms with E-state index in [1.54, 1.807) is 47.7 Å². The molecule has 0 bridgehead atoms. The maximum Gasteiger partial charge on any atom is 0.275 e. The molecule has 4 aromatic rings. The Kier molecular flexibility index (Phi) is 5.37. The van der Waals surface area contributed by atoms with Crippen molar-refractivity contribution in [2.24, 2.45) is 0 Å². The number of nitrogens with zero attached hydrogens (tertiary/aromatic N) is 5. The molecule has 30 heavy (non-hydrogen) atoms. The molecule has 7 nitrogen and oxygen atoms in total. The van der Waals surface area contributed by atoms with Crippen LogP contribution in [0.4, 0.5) is 0 Å². The number of hydrogen-bond donors (Lipinski definition) is 0. The predicted octanol–water partition coefficient (Wildman–Crippen LogP) is 3.18. The van der Waals surface area contributed by atoms with E-state index in [9.17, 15) is 9.59 Å². The van der Waals surface area contributed by atoms with Crippen LogP contribution in [0.3, 0.4) is 0 Å². The Bertz CT molecular complexity index is 1260. The van der Waals surface area contributed by atoms with Crippen molar-refractivity contribution in [2.45, 2.75) is 20.0 Å². The molecule has 0 saturated carbocycles. The number of aryl methyl sites for hydroxylation is 1. The van der Waals surface area contributed by atoms with Gasteiger partial charge in [-0.2, -0.15) is 9.50 Å². The summed E-state index contributed by atoms with van der Waals surface area (Å²) < 4.78 is 2.93. The van der Waals surface area contributed by atoms with Crippen LogP contribution in [0.5, 0.6) is 0 Å². The number of halogens is 1. The summed E-state index contributed by atoms with van der Waals surface area (Å²) in [6.45, 7) is 2.33. The normalized spacial score (nSPS) is 11.0. The first-order valence-corrected chi connectivity index (χ1v) is 9.81. The molecule has 0 aliphatic heterocycles. The van der Waals surface area contributed by atoms with Gasteiger partial charge in [0.15, 0.2) is 5.82 Å². The molecular weight excluding hydrogens is 402 g/mol. The second kappa shape index (κ2) is 8.12. The van der Waals surface area contributed by atoms with E-state index in [1.807, 2.05) is 30.3 Å². The number of amides is 1. The van der Waals surface area contributed by atoms with Crippen LogP contribution in [0.25, 0.3) is 17.2 Å². The highest BCUT2D eigenvalue weighted by molar-refractivity contribution is 6.30. The molecule has 0 aliphatic carbocycles. The second-order valence-electron chi connectivity index (χ2n) is 7.10. The van der Waals surface area contributed by atoms with Gasteiger partial charge in [0.05, 0.1) is 0 Å². The maximum atomic E-state index is 12.9. The van der Waals surface area contributed by atoms with Crippen molar-refractivity contribution in [1.82, 2.24) is 24.1 Å². The SMILES string of the molecule is Cc1cc(=O)n2nc(-c3ccc(Cl)cc3)nc2n1CC(=O)N(C)Cc1ccccc1. The minimum absolute atomic E-state index is 0.0533. The summed E-state index contributed by atoms with van der Waals surface area (Å²) in [7, 11) is 1.76. The summed E-state index contributed by atoms with van der Waals surface area (Å²) in [5.41, 5.74) is 2.13. The van der Waals surface area contributed by atoms with Gasteiger partial charge in [-0.25, -0.2) is 0 Å². The lowest BCUT2D eigenvalue weighted by Gasteiger charge is -2.19. The van der Waals surface area contributed by atoms with Gasteiger partial charge >= 0.3 is 0 Å². The first-order chi connectivity index (χ1) is 14.4. The van der Waals surface area contributed by atoms with E-state index in [4.69, 9.17) is 11.6 Å². The van der Waals surface area contributed by atoms with Gasteiger partial charge in [-0.3, -0.25) is 9.59 Å². The molecule has 0 aliphatic rings. The van der Waals surface area contributed by atoms with Gasteiger partial charge in [-0.1, -0.05) is 41.9 Å². The van der Waals surface area contributed by atoms with E-state index in [2.05, 4.69) is 10.1 Å². The summed E-state index contributed by atoms with van der Waals surface area (Å²) in [6.07, 6.45) is 0. The van der Waals surface area contributed by atoms with E-state index in [0.717, 1.165) is 11.1 Å². The summed E-state index contributed by atoms with van der Waals surface area (Å²) >= 11 is 5.95. The third-order valence-electron chi connectivity index (χ3n) is 4.88. The molecule has 1 amide bonds. The molecule has 0 N–H and O–H groups in total. The van der Waals surface area contributed by atoms with Gasteiger partial charge < -0.3 is 9.47 Å². The summed E-state index contributed by atoms with van der Waals surface area (Å²) in [4.78, 5) is 31.5. The van der Waals surface area contributed by atoms with Crippen LogP contribution in [0.2, 0.25) is 5.02 Å². The molecule has 4 rings (SSSR count). The fraction of sp³-hybridized carbons (Fsp3) is 0.182. The minimum atomic E-state index is -0.295. The Morgan fingerprint density at radius 1 is 1.10 bits per heavy atom. The third-order valence-corrected chi connectivity index (χ3v) is 5.13. The Balaban J connectivity index is 1.67. The van der Waals surface area contributed by atoms with Gasteiger partial charge in [-0.05, 0) is 36.8 Å². The number of aromatic nitrogens is 4. The van der Waals surface area contributed by atoms with E-state index < -0.39 is 0 Å². The standard InChI is InChI=1S/C22H20ClN5O2/c1-15-12-19(29)28-22(24-21(25-28)17-8-10-18(23)11-9-17)27(15)14-20(30)26(2)13-16-6-4-3-5-7-16/h3-12H,13-14H2,1-2H3. The molecule has 0 unspecified atom stereocenters. The summed E-state index contributed by atoms with van der Waals surface area (Å²) in [5.74, 6) is 0.628. The molecule has 8 heteroatoms. The van der Waals surface area contributed by atoms with Crippen LogP contribution in [0.1, 0.15) is 11.3 Å². The number of carbonyl (C=O) groups is 1. The van der Waals surface area contributed by atoms with Crippen LogP contribution in [0.15, 0.2) is 65.5 Å². The van der Waals surface area contributed by atoms with E-state index in [0.29, 0.717) is 28.9 Å². The lowest BCUT2D eigenvalue weighted by Crippen LogP contribution is -2.32. The zero-order chi connectivity index (χ0) is 21.3. The lowest BCUT2D eigenvalue weighted by atomic mass is 10.2. The van der Waals surface area contributed by atoms with Crippen molar-refractivity contribution in [3.8, 4) is 11.4 Å². The monoisotopic (exact) mass is 421 g/mol. The summed E-state index contributed by atoms with van der Waals surface area (Å²) in [6, 6.07) is 18.3. The average molecular weight is 422 g/mol. The van der Waals surface area contributed by atoms with Gasteiger partial charge in [0.25, 0.3) is 5.56 Å². The van der Waals surface area contributed by atoms with Gasteiger partial charge in [0.1, 0.15) is 6.54 Å². The Morgan fingerprint density at radius 3 is 2.50 bits per heavy atom. The van der Waals surface area contributed by atoms with Crippen molar-refractivity contribution in [1.29, 1.82) is 0 Å². The first-order valence-electron chi connectivity index (χ1n) is 9.43. The quantitative estimate of drug-likeness (QED) is 0.496. The number of benzene rings is 2. The Hall–Kier alpha value is -3.45. The van der Waals surface area contributed by atoms with Crippen molar-refractivity contribution >= 4 is 23.3 Å². The highest BCUT2D eigenvalue weighted by Gasteiger charge is 2.17. The third kappa shape index (κ3) is 3.97. The smallest absolute Gasteiger partial charge is 0.275 e. The number of hydrogen-bond acceptors (Lipinski definition) is 4. The largest absolute Gasteiger partial charge is 0.340 e. The lowest BCUT2D eigenvalue weighted by molar-refractivity contribution is -0.131. The Labute approximate surface area is 178 Å². The molecule has 0 saturated heterocycles. The van der Waals surface area contributed by atoms with Crippen LogP contribution >= 0.6 is 11.6 Å². The highest BCUT2D eigenvalue weighted by atomic mass is 35.5. The molecule has 2 aromatic heterocycles. The second-order valence-corrected chi connectivity index (χ2v) is 7.54. The molecule has 0 fully saturated rings. The van der Waals surface area contributed by atoms with Crippen LogP contribution in [-0.2, 0) is 17.9 Å². The van der Waals surface area contributed by atoms with Crippen LogP contribution in [0, 0.1) is 6.92 Å². The average Bonchev–Trinajstić information content (AvgIpc) is 3.18. The maximum absolute atomic E-state index is 12.9. The van der Waals surface area contributed by atoms with E-state index >= 15 is 0 Å². The van der Waals surface area contributed by atoms with Gasteiger partial charge in [0, 0.05) is 35.9 Å². The number of likely N-dealkylation sites (N-methyl/N-ethyl adjacent to an activating group) is 1. The van der Waals surface area contributed by atoms with Crippen molar-refractivity contribution in [2.75, 3.05) is 7.05 Å². The molecule has 152 valence electrons. The van der Waals surface area contributed by atoms with Crippen molar-refractivity contribution in [3.63, 3.8) is 0 Å². The van der Waals surface area contributed by atoms with Gasteiger partial charge in [-0.15, -0.1) is 5.10 Å². The molecule has 0 atom stereocenters. The summed E-state index contributed by atoms with van der Waals surface area (Å²) in [5, 5.41) is 4.94. The topological polar surface area (TPSA) is 72.5 Å². The first kappa shape index (κ1) is 19.8. The number of fused-ring (bicyclic) bond motifs is 1. The molecular formula is C22H20ClN5O2. The molecule has 0 spiro atoms. The van der Waals surface area contributed by atoms with Crippen LogP contribution < -0.4 is 5.56 Å². The molecule has 0 radical (unpaired) electrons. The van der Waals surface area contributed by atoms with E-state index in [1.165, 1.54) is 10.6 Å². The minimum Gasteiger partial charge on any atom is -0.340 e. The fourth-order valence-electron chi connectivity index (χ4n) is 3.22.